The molecule has 24 heavy (non-hydrogen) atoms. The third-order valence-electron chi connectivity index (χ3n) is 3.93. The lowest BCUT2D eigenvalue weighted by Crippen LogP contribution is -2.46. The zero-order chi connectivity index (χ0) is 17.5. The van der Waals surface area contributed by atoms with Crippen molar-refractivity contribution in [1.29, 1.82) is 0 Å². The van der Waals surface area contributed by atoms with Gasteiger partial charge in [-0.2, -0.15) is 0 Å². The van der Waals surface area contributed by atoms with E-state index in [0.29, 0.717) is 5.56 Å². The molecular formula is C19H21NO4. The Bertz CT molecular complexity index is 672. The molecule has 1 amide bonds. The van der Waals surface area contributed by atoms with Crippen LogP contribution in [0.3, 0.4) is 0 Å². The Balaban J connectivity index is 2.20. The maximum absolute atomic E-state index is 12.7. The maximum atomic E-state index is 12.7. The standard InChI is InChI=1S/C19H21NO4/c1-20(16(19(22)23)13-14-9-5-3-6-10-14)18(21)17(24-2)15-11-7-4-8-12-15/h3-12,16-17H,13H2,1-2H3,(H,22,23)/t16?,17-/m1/s1. The van der Waals surface area contributed by atoms with Crippen molar-refractivity contribution in [2.24, 2.45) is 0 Å². The molecule has 5 heteroatoms. The van der Waals surface area contributed by atoms with E-state index < -0.39 is 18.1 Å². The quantitative estimate of drug-likeness (QED) is 0.848. The van der Waals surface area contributed by atoms with Gasteiger partial charge in [0.05, 0.1) is 0 Å². The largest absolute Gasteiger partial charge is 0.480 e. The SMILES string of the molecule is CO[C@@H](C(=O)N(C)C(Cc1ccccc1)C(=O)O)c1ccccc1. The zero-order valence-corrected chi connectivity index (χ0v) is 13.8. The first-order valence-corrected chi connectivity index (χ1v) is 7.65. The van der Waals surface area contributed by atoms with Gasteiger partial charge in [-0.1, -0.05) is 60.7 Å². The van der Waals surface area contributed by atoms with Gasteiger partial charge in [0.1, 0.15) is 6.04 Å². The third-order valence-corrected chi connectivity index (χ3v) is 3.93. The van der Waals surface area contributed by atoms with Crippen molar-refractivity contribution in [2.45, 2.75) is 18.6 Å². The van der Waals surface area contributed by atoms with Gasteiger partial charge < -0.3 is 14.7 Å². The first-order chi connectivity index (χ1) is 11.5. The van der Waals surface area contributed by atoms with Crippen LogP contribution in [0.5, 0.6) is 0 Å². The summed E-state index contributed by atoms with van der Waals surface area (Å²) in [6.45, 7) is 0. The number of carbonyl (C=O) groups is 2. The second-order valence-corrected chi connectivity index (χ2v) is 5.52. The number of ether oxygens (including phenoxy) is 1. The maximum Gasteiger partial charge on any atom is 0.326 e. The Kier molecular flexibility index (Phi) is 6.09. The summed E-state index contributed by atoms with van der Waals surface area (Å²) in [6, 6.07) is 17.3. The van der Waals surface area contributed by atoms with E-state index >= 15 is 0 Å². The van der Waals surface area contributed by atoms with Gasteiger partial charge >= 0.3 is 5.97 Å². The Morgan fingerprint density at radius 3 is 2.08 bits per heavy atom. The molecule has 0 saturated carbocycles. The molecule has 0 spiro atoms. The van der Waals surface area contributed by atoms with Crippen LogP contribution in [0.2, 0.25) is 0 Å². The lowest BCUT2D eigenvalue weighted by molar-refractivity contribution is -0.153. The summed E-state index contributed by atoms with van der Waals surface area (Å²) in [6.07, 6.45) is -0.585. The van der Waals surface area contributed by atoms with Gasteiger partial charge in [-0.15, -0.1) is 0 Å². The molecule has 0 saturated heterocycles. The van der Waals surface area contributed by atoms with E-state index in [9.17, 15) is 14.7 Å². The highest BCUT2D eigenvalue weighted by molar-refractivity contribution is 5.87. The van der Waals surface area contributed by atoms with Crippen LogP contribution in [0.15, 0.2) is 60.7 Å². The van der Waals surface area contributed by atoms with Gasteiger partial charge in [0.25, 0.3) is 5.91 Å². The Morgan fingerprint density at radius 1 is 1.04 bits per heavy atom. The molecule has 5 nitrogen and oxygen atoms in total. The molecule has 1 unspecified atom stereocenters. The number of hydrogen-bond acceptors (Lipinski definition) is 3. The van der Waals surface area contributed by atoms with Gasteiger partial charge in [-0.25, -0.2) is 4.79 Å². The number of benzene rings is 2. The molecule has 0 aliphatic rings. The first-order valence-electron chi connectivity index (χ1n) is 7.65. The highest BCUT2D eigenvalue weighted by atomic mass is 16.5. The van der Waals surface area contributed by atoms with Crippen LogP contribution in [0.25, 0.3) is 0 Å². The van der Waals surface area contributed by atoms with Crippen LogP contribution in [-0.2, 0) is 20.7 Å². The molecule has 0 heterocycles. The Morgan fingerprint density at radius 2 is 1.58 bits per heavy atom. The van der Waals surface area contributed by atoms with Crippen molar-refractivity contribution < 1.29 is 19.4 Å². The van der Waals surface area contributed by atoms with Crippen LogP contribution in [0, 0.1) is 0 Å². The molecule has 0 bridgehead atoms. The molecule has 0 radical (unpaired) electrons. The monoisotopic (exact) mass is 327 g/mol. The van der Waals surface area contributed by atoms with E-state index in [0.717, 1.165) is 5.56 Å². The average Bonchev–Trinajstić information content (AvgIpc) is 2.61. The molecular weight excluding hydrogens is 306 g/mol. The van der Waals surface area contributed by atoms with E-state index in [1.165, 1.54) is 19.1 Å². The number of rotatable bonds is 7. The molecule has 0 aliphatic carbocycles. The Labute approximate surface area is 141 Å². The summed E-state index contributed by atoms with van der Waals surface area (Å²) < 4.78 is 5.32. The van der Waals surface area contributed by atoms with E-state index in [1.54, 1.807) is 12.1 Å². The van der Waals surface area contributed by atoms with Crippen molar-refractivity contribution >= 4 is 11.9 Å². The summed E-state index contributed by atoms with van der Waals surface area (Å²) in [5.41, 5.74) is 1.55. The molecule has 0 aliphatic heterocycles. The number of methoxy groups -OCH3 is 1. The van der Waals surface area contributed by atoms with E-state index in [4.69, 9.17) is 4.74 Å². The minimum Gasteiger partial charge on any atom is -0.480 e. The number of nitrogens with zero attached hydrogens (tertiary/aromatic N) is 1. The highest BCUT2D eigenvalue weighted by Crippen LogP contribution is 2.21. The number of carboxylic acid groups (broad SMARTS) is 1. The van der Waals surface area contributed by atoms with Crippen molar-refractivity contribution in [3.63, 3.8) is 0 Å². The van der Waals surface area contributed by atoms with Gasteiger partial charge in [-0.05, 0) is 11.1 Å². The van der Waals surface area contributed by atoms with Crippen molar-refractivity contribution in [3.05, 3.63) is 71.8 Å². The predicted molar refractivity (Wildman–Crippen MR) is 90.5 cm³/mol. The van der Waals surface area contributed by atoms with Crippen molar-refractivity contribution in [1.82, 2.24) is 4.90 Å². The van der Waals surface area contributed by atoms with Crippen molar-refractivity contribution in [3.8, 4) is 0 Å². The first kappa shape index (κ1) is 17.7. The zero-order valence-electron chi connectivity index (χ0n) is 13.8. The number of hydrogen-bond donors (Lipinski definition) is 1. The minimum absolute atomic E-state index is 0.240. The minimum atomic E-state index is -1.04. The average molecular weight is 327 g/mol. The fourth-order valence-corrected chi connectivity index (χ4v) is 2.57. The number of carbonyl (C=O) groups excluding carboxylic acids is 1. The molecule has 2 rings (SSSR count). The number of likely N-dealkylation sites (N-methyl/N-ethyl adjacent to an activating group) is 1. The molecule has 1 N–H and O–H groups in total. The molecule has 0 aromatic heterocycles. The normalized spacial score (nSPS) is 13.1. The van der Waals surface area contributed by atoms with Gasteiger partial charge in [0.2, 0.25) is 0 Å². The summed E-state index contributed by atoms with van der Waals surface area (Å²) in [5, 5.41) is 9.54. The summed E-state index contributed by atoms with van der Waals surface area (Å²) in [4.78, 5) is 25.7. The fourth-order valence-electron chi connectivity index (χ4n) is 2.57. The lowest BCUT2D eigenvalue weighted by Gasteiger charge is -2.28. The predicted octanol–water partition coefficient (Wildman–Crippen LogP) is 2.53. The van der Waals surface area contributed by atoms with Crippen LogP contribution < -0.4 is 0 Å². The van der Waals surface area contributed by atoms with Gasteiger partial charge in [0.15, 0.2) is 6.10 Å². The van der Waals surface area contributed by atoms with Crippen LogP contribution >= 0.6 is 0 Å². The van der Waals surface area contributed by atoms with E-state index in [-0.39, 0.29) is 12.3 Å². The number of carboxylic acids is 1. The fraction of sp³-hybridized carbons (Fsp3) is 0.263. The van der Waals surface area contributed by atoms with Gasteiger partial charge in [0, 0.05) is 20.6 Å². The highest BCUT2D eigenvalue weighted by Gasteiger charge is 2.32. The second kappa shape index (κ2) is 8.26. The summed E-state index contributed by atoms with van der Waals surface area (Å²) in [5.74, 6) is -1.43. The van der Waals surface area contributed by atoms with E-state index in [1.807, 2.05) is 48.5 Å². The van der Waals surface area contributed by atoms with E-state index in [2.05, 4.69) is 0 Å². The topological polar surface area (TPSA) is 66.8 Å². The number of amides is 1. The molecule has 2 aromatic carbocycles. The van der Waals surface area contributed by atoms with Crippen molar-refractivity contribution in [2.75, 3.05) is 14.2 Å². The molecule has 2 aromatic rings. The molecule has 2 atom stereocenters. The summed E-state index contributed by atoms with van der Waals surface area (Å²) >= 11 is 0. The molecule has 0 fully saturated rings. The number of aliphatic carboxylic acids is 1. The van der Waals surface area contributed by atoms with Crippen LogP contribution in [0.4, 0.5) is 0 Å². The Hall–Kier alpha value is -2.66. The van der Waals surface area contributed by atoms with Crippen LogP contribution in [-0.4, -0.2) is 42.1 Å². The summed E-state index contributed by atoms with van der Waals surface area (Å²) in [7, 11) is 2.94. The van der Waals surface area contributed by atoms with Crippen LogP contribution in [0.1, 0.15) is 17.2 Å². The molecule has 126 valence electrons. The lowest BCUT2D eigenvalue weighted by atomic mass is 10.0. The van der Waals surface area contributed by atoms with Gasteiger partial charge in [-0.3, -0.25) is 4.79 Å². The smallest absolute Gasteiger partial charge is 0.326 e. The third kappa shape index (κ3) is 4.20. The second-order valence-electron chi connectivity index (χ2n) is 5.52.